The quantitative estimate of drug-likeness (QED) is 0.672. The minimum Gasteiger partial charge on any atom is -0.508 e. The highest BCUT2D eigenvalue weighted by atomic mass is 16.6. The van der Waals surface area contributed by atoms with Gasteiger partial charge in [-0.05, 0) is 37.6 Å². The third-order valence-corrected chi connectivity index (χ3v) is 3.21. The summed E-state index contributed by atoms with van der Waals surface area (Å²) in [5.41, 5.74) is 0.824. The molecular formula is C13H14O4. The summed E-state index contributed by atoms with van der Waals surface area (Å²) < 4.78 is 11.1. The van der Waals surface area contributed by atoms with E-state index in [0.29, 0.717) is 11.5 Å². The van der Waals surface area contributed by atoms with E-state index >= 15 is 0 Å². The molecule has 0 aromatic carbocycles. The molecule has 90 valence electrons. The SMILES string of the molecule is CC1=CC2(O)OC(C)=CC3=CC(O)=CC(O1)C32. The molecule has 0 amide bonds. The van der Waals surface area contributed by atoms with E-state index in [2.05, 4.69) is 0 Å². The van der Waals surface area contributed by atoms with E-state index < -0.39 is 11.9 Å². The molecule has 0 spiro atoms. The van der Waals surface area contributed by atoms with Crippen LogP contribution in [0.4, 0.5) is 0 Å². The smallest absolute Gasteiger partial charge is 0.241 e. The van der Waals surface area contributed by atoms with Crippen molar-refractivity contribution in [2.75, 3.05) is 0 Å². The first-order valence-corrected chi connectivity index (χ1v) is 5.56. The van der Waals surface area contributed by atoms with E-state index in [4.69, 9.17) is 9.47 Å². The minimum atomic E-state index is -1.38. The number of allylic oxidation sites excluding steroid dienone is 4. The van der Waals surface area contributed by atoms with Crippen LogP contribution in [0.3, 0.4) is 0 Å². The molecule has 1 aliphatic carbocycles. The molecule has 2 aliphatic heterocycles. The van der Waals surface area contributed by atoms with Crippen molar-refractivity contribution in [3.05, 3.63) is 47.2 Å². The van der Waals surface area contributed by atoms with Crippen LogP contribution in [0.1, 0.15) is 13.8 Å². The Balaban J connectivity index is 2.18. The van der Waals surface area contributed by atoms with E-state index in [-0.39, 0.29) is 11.7 Å². The molecule has 3 rings (SSSR count). The van der Waals surface area contributed by atoms with Crippen LogP contribution in [-0.4, -0.2) is 22.1 Å². The highest BCUT2D eigenvalue weighted by molar-refractivity contribution is 5.42. The van der Waals surface area contributed by atoms with Crippen LogP contribution in [0.2, 0.25) is 0 Å². The first-order valence-electron chi connectivity index (χ1n) is 5.56. The first kappa shape index (κ1) is 10.5. The average Bonchev–Trinajstić information content (AvgIpc) is 2.11. The second-order valence-corrected chi connectivity index (χ2v) is 4.66. The molecule has 0 bridgehead atoms. The molecule has 2 heterocycles. The molecule has 3 aliphatic rings. The third kappa shape index (κ3) is 1.48. The van der Waals surface area contributed by atoms with Crippen molar-refractivity contribution < 1.29 is 19.7 Å². The Morgan fingerprint density at radius 2 is 2.00 bits per heavy atom. The highest BCUT2D eigenvalue weighted by Crippen LogP contribution is 2.45. The van der Waals surface area contributed by atoms with Gasteiger partial charge in [0.1, 0.15) is 11.9 Å². The zero-order valence-electron chi connectivity index (χ0n) is 9.68. The van der Waals surface area contributed by atoms with Crippen molar-refractivity contribution in [3.8, 4) is 0 Å². The van der Waals surface area contributed by atoms with Crippen molar-refractivity contribution in [2.45, 2.75) is 25.7 Å². The van der Waals surface area contributed by atoms with Gasteiger partial charge in [-0.1, -0.05) is 0 Å². The Kier molecular flexibility index (Phi) is 1.95. The van der Waals surface area contributed by atoms with Crippen LogP contribution in [0.5, 0.6) is 0 Å². The predicted octanol–water partition coefficient (Wildman–Crippen LogP) is 1.91. The van der Waals surface area contributed by atoms with E-state index in [1.165, 1.54) is 0 Å². The Hall–Kier alpha value is -1.68. The Morgan fingerprint density at radius 3 is 2.76 bits per heavy atom. The maximum absolute atomic E-state index is 10.6. The second kappa shape index (κ2) is 3.17. The van der Waals surface area contributed by atoms with Gasteiger partial charge in [0, 0.05) is 6.08 Å². The third-order valence-electron chi connectivity index (χ3n) is 3.21. The molecule has 4 nitrogen and oxygen atoms in total. The van der Waals surface area contributed by atoms with E-state index in [1.54, 1.807) is 32.1 Å². The summed E-state index contributed by atoms with van der Waals surface area (Å²) in [6.45, 7) is 3.53. The summed E-state index contributed by atoms with van der Waals surface area (Å²) in [4.78, 5) is 0. The zero-order chi connectivity index (χ0) is 12.2. The fraction of sp³-hybridized carbons (Fsp3) is 0.385. The monoisotopic (exact) mass is 234 g/mol. The van der Waals surface area contributed by atoms with Gasteiger partial charge < -0.3 is 19.7 Å². The molecule has 0 aromatic heterocycles. The largest absolute Gasteiger partial charge is 0.508 e. The maximum Gasteiger partial charge on any atom is 0.241 e. The molecule has 0 aromatic rings. The molecule has 0 saturated heterocycles. The molecule has 17 heavy (non-hydrogen) atoms. The number of aliphatic hydroxyl groups excluding tert-OH is 1. The van der Waals surface area contributed by atoms with Gasteiger partial charge in [-0.25, -0.2) is 0 Å². The van der Waals surface area contributed by atoms with Crippen LogP contribution in [0.25, 0.3) is 0 Å². The highest BCUT2D eigenvalue weighted by Gasteiger charge is 2.51. The van der Waals surface area contributed by atoms with Crippen LogP contribution in [-0.2, 0) is 9.47 Å². The fourth-order valence-corrected chi connectivity index (χ4v) is 2.72. The van der Waals surface area contributed by atoms with Gasteiger partial charge in [-0.2, -0.15) is 0 Å². The second-order valence-electron chi connectivity index (χ2n) is 4.66. The predicted molar refractivity (Wildman–Crippen MR) is 60.7 cm³/mol. The average molecular weight is 234 g/mol. The van der Waals surface area contributed by atoms with Crippen molar-refractivity contribution in [1.29, 1.82) is 0 Å². The molecule has 0 saturated carbocycles. The standard InChI is InChI=1S/C13H14O4/c1-7-3-9-4-10(14)5-11-12(9)13(15,17-7)6-8(2)16-11/h3-6,11-12,14-15H,1-2H3. The lowest BCUT2D eigenvalue weighted by Gasteiger charge is -2.45. The Labute approximate surface area is 99.2 Å². The van der Waals surface area contributed by atoms with E-state index in [0.717, 1.165) is 5.57 Å². The number of ether oxygens (including phenoxy) is 2. The van der Waals surface area contributed by atoms with Crippen LogP contribution >= 0.6 is 0 Å². The van der Waals surface area contributed by atoms with Gasteiger partial charge in [0.2, 0.25) is 5.79 Å². The number of hydrogen-bond acceptors (Lipinski definition) is 4. The van der Waals surface area contributed by atoms with Crippen molar-refractivity contribution in [2.24, 2.45) is 5.92 Å². The van der Waals surface area contributed by atoms with Crippen molar-refractivity contribution >= 4 is 0 Å². The van der Waals surface area contributed by atoms with Crippen molar-refractivity contribution in [1.82, 2.24) is 0 Å². The van der Waals surface area contributed by atoms with Gasteiger partial charge in [0.05, 0.1) is 17.4 Å². The summed E-state index contributed by atoms with van der Waals surface area (Å²) >= 11 is 0. The normalized spacial score (nSPS) is 38.8. The molecule has 4 heteroatoms. The lowest BCUT2D eigenvalue weighted by atomic mass is 9.78. The van der Waals surface area contributed by atoms with Gasteiger partial charge in [-0.15, -0.1) is 0 Å². The van der Waals surface area contributed by atoms with Crippen LogP contribution in [0, 0.1) is 5.92 Å². The van der Waals surface area contributed by atoms with Gasteiger partial charge in [-0.3, -0.25) is 0 Å². The first-order chi connectivity index (χ1) is 7.98. The summed E-state index contributed by atoms with van der Waals surface area (Å²) in [5.74, 6) is -0.340. The Morgan fingerprint density at radius 1 is 1.24 bits per heavy atom. The number of hydrogen-bond donors (Lipinski definition) is 2. The zero-order valence-corrected chi connectivity index (χ0v) is 9.68. The van der Waals surface area contributed by atoms with Gasteiger partial charge in [0.15, 0.2) is 0 Å². The summed E-state index contributed by atoms with van der Waals surface area (Å²) in [6, 6.07) is 0. The molecular weight excluding hydrogens is 220 g/mol. The summed E-state index contributed by atoms with van der Waals surface area (Å²) in [6.07, 6.45) is 6.22. The van der Waals surface area contributed by atoms with Gasteiger partial charge >= 0.3 is 0 Å². The minimum absolute atomic E-state index is 0.157. The topological polar surface area (TPSA) is 58.9 Å². The molecule has 0 radical (unpaired) electrons. The Bertz CT molecular complexity index is 498. The fourth-order valence-electron chi connectivity index (χ4n) is 2.72. The van der Waals surface area contributed by atoms with Crippen LogP contribution in [0.15, 0.2) is 47.2 Å². The number of aliphatic hydroxyl groups is 2. The maximum atomic E-state index is 10.6. The van der Waals surface area contributed by atoms with E-state index in [1.807, 2.05) is 6.08 Å². The van der Waals surface area contributed by atoms with Crippen LogP contribution < -0.4 is 0 Å². The molecule has 2 N–H and O–H groups in total. The molecule has 3 atom stereocenters. The van der Waals surface area contributed by atoms with E-state index in [9.17, 15) is 10.2 Å². The number of rotatable bonds is 0. The lowest BCUT2D eigenvalue weighted by Crippen LogP contribution is -2.51. The van der Waals surface area contributed by atoms with Gasteiger partial charge in [0.25, 0.3) is 0 Å². The summed E-state index contributed by atoms with van der Waals surface area (Å²) in [5, 5.41) is 20.2. The molecule has 0 fully saturated rings. The molecule has 3 unspecified atom stereocenters. The lowest BCUT2D eigenvalue weighted by molar-refractivity contribution is -0.202. The van der Waals surface area contributed by atoms with Crippen molar-refractivity contribution in [3.63, 3.8) is 0 Å². The summed E-state index contributed by atoms with van der Waals surface area (Å²) in [7, 11) is 0.